The third-order valence-electron chi connectivity index (χ3n) is 3.39. The van der Waals surface area contributed by atoms with Crippen LogP contribution in [0.5, 0.6) is 0 Å². The molecular weight excluding hydrogens is 270 g/mol. The van der Waals surface area contributed by atoms with Crippen LogP contribution >= 0.6 is 0 Å². The maximum atomic E-state index is 12.4. The fraction of sp³-hybridized carbons (Fsp3) is 0.0500. The number of carbonyl (C=O) groups excluding carboxylic acids is 1. The molecule has 104 valence electrons. The highest BCUT2D eigenvalue weighted by atomic mass is 16.1. The third kappa shape index (κ3) is 2.64. The number of carbonyl (C=O) groups is 1. The molecule has 22 heavy (non-hydrogen) atoms. The van der Waals surface area contributed by atoms with E-state index in [2.05, 4.69) is 17.8 Å². The van der Waals surface area contributed by atoms with Crippen molar-refractivity contribution in [2.45, 2.75) is 6.54 Å². The van der Waals surface area contributed by atoms with E-state index in [-0.39, 0.29) is 5.78 Å². The predicted molar refractivity (Wildman–Crippen MR) is 88.4 cm³/mol. The lowest BCUT2D eigenvalue weighted by Gasteiger charge is -1.97. The minimum Gasteiger partial charge on any atom is -0.335 e. The van der Waals surface area contributed by atoms with Gasteiger partial charge in [0.2, 0.25) is 5.78 Å². The molecule has 3 aromatic rings. The molecule has 0 fully saturated rings. The van der Waals surface area contributed by atoms with Gasteiger partial charge in [-0.3, -0.25) is 4.79 Å². The summed E-state index contributed by atoms with van der Waals surface area (Å²) in [6.07, 6.45) is 7.17. The molecule has 2 nitrogen and oxygen atoms in total. The Morgan fingerprint density at radius 2 is 1.77 bits per heavy atom. The van der Waals surface area contributed by atoms with Gasteiger partial charge >= 0.3 is 0 Å². The van der Waals surface area contributed by atoms with Gasteiger partial charge in [0.05, 0.1) is 12.1 Å². The van der Waals surface area contributed by atoms with Gasteiger partial charge in [-0.25, -0.2) is 0 Å². The van der Waals surface area contributed by atoms with Gasteiger partial charge in [-0.05, 0) is 24.1 Å². The minimum absolute atomic E-state index is 0.198. The van der Waals surface area contributed by atoms with Crippen LogP contribution in [0.3, 0.4) is 0 Å². The topological polar surface area (TPSA) is 22.0 Å². The van der Waals surface area contributed by atoms with Gasteiger partial charge in [-0.1, -0.05) is 48.2 Å². The Morgan fingerprint density at radius 3 is 2.55 bits per heavy atom. The molecule has 0 saturated heterocycles. The largest absolute Gasteiger partial charge is 0.335 e. The Morgan fingerprint density at radius 1 is 1.05 bits per heavy atom. The van der Waals surface area contributed by atoms with Crippen molar-refractivity contribution in [1.29, 1.82) is 0 Å². The average Bonchev–Trinajstić information content (AvgIpc) is 2.93. The number of hydrogen-bond acceptors (Lipinski definition) is 1. The third-order valence-corrected chi connectivity index (χ3v) is 3.39. The Balaban J connectivity index is 2.02. The molecule has 0 N–H and O–H groups in total. The maximum absolute atomic E-state index is 12.4. The summed E-state index contributed by atoms with van der Waals surface area (Å²) in [5.41, 5.74) is 2.36. The highest BCUT2D eigenvalue weighted by Gasteiger charge is 2.12. The molecule has 0 aliphatic carbocycles. The molecule has 0 saturated carbocycles. The molecule has 2 aromatic carbocycles. The predicted octanol–water partition coefficient (Wildman–Crippen LogP) is 3.51. The summed E-state index contributed by atoms with van der Waals surface area (Å²) in [6.45, 7) is 0.430. The minimum atomic E-state index is -0.198. The van der Waals surface area contributed by atoms with Crippen LogP contribution in [-0.2, 0) is 6.54 Å². The first kappa shape index (κ1) is 13.7. The number of hydrogen-bond donors (Lipinski definition) is 0. The van der Waals surface area contributed by atoms with Crippen LogP contribution in [0.15, 0.2) is 60.8 Å². The fourth-order valence-electron chi connectivity index (χ4n) is 2.37. The van der Waals surface area contributed by atoms with E-state index >= 15 is 0 Å². The number of nitrogens with zero attached hydrogens (tertiary/aromatic N) is 1. The van der Waals surface area contributed by atoms with Crippen LogP contribution in [0.4, 0.5) is 0 Å². The van der Waals surface area contributed by atoms with E-state index in [1.165, 1.54) is 0 Å². The molecule has 0 unspecified atom stereocenters. The lowest BCUT2D eigenvalue weighted by molar-refractivity contribution is 0.105. The summed E-state index contributed by atoms with van der Waals surface area (Å²) in [5, 5.41) is 0.880. The molecule has 0 aliphatic rings. The summed E-state index contributed by atoms with van der Waals surface area (Å²) in [6, 6.07) is 17.2. The molecule has 0 aliphatic heterocycles. The number of fused-ring (bicyclic) bond motifs is 1. The van der Waals surface area contributed by atoms with Crippen LogP contribution in [0.25, 0.3) is 10.9 Å². The molecule has 0 radical (unpaired) electrons. The van der Waals surface area contributed by atoms with Crippen molar-refractivity contribution in [2.24, 2.45) is 0 Å². The Hall–Kier alpha value is -3.23. The molecule has 3 rings (SSSR count). The molecule has 1 aromatic heterocycles. The Labute approximate surface area is 129 Å². The first-order valence-corrected chi connectivity index (χ1v) is 6.92. The second kappa shape index (κ2) is 6.04. The van der Waals surface area contributed by atoms with Crippen LogP contribution in [0.2, 0.25) is 0 Å². The number of Topliss-reactive ketones (excluding diaryl/α,β-unsaturated/α-hetero) is 1. The number of para-hydroxylation sites is 1. The van der Waals surface area contributed by atoms with Crippen molar-refractivity contribution in [3.8, 4) is 24.2 Å². The molecule has 0 bridgehead atoms. The maximum Gasteiger partial charge on any atom is 0.238 e. The van der Waals surface area contributed by atoms with Crippen molar-refractivity contribution >= 4 is 16.7 Å². The first-order valence-electron chi connectivity index (χ1n) is 6.92. The summed E-state index contributed by atoms with van der Waals surface area (Å²) in [4.78, 5) is 12.4. The van der Waals surface area contributed by atoms with Crippen LogP contribution in [0, 0.1) is 24.2 Å². The van der Waals surface area contributed by atoms with E-state index in [4.69, 9.17) is 6.42 Å². The van der Waals surface area contributed by atoms with Crippen molar-refractivity contribution in [3.63, 3.8) is 0 Å². The summed E-state index contributed by atoms with van der Waals surface area (Å²) >= 11 is 0. The number of benzene rings is 2. The van der Waals surface area contributed by atoms with Gasteiger partial charge in [-0.15, -0.1) is 6.42 Å². The van der Waals surface area contributed by atoms with Gasteiger partial charge < -0.3 is 4.57 Å². The highest BCUT2D eigenvalue weighted by Crippen LogP contribution is 2.21. The first-order chi connectivity index (χ1) is 10.8. The highest BCUT2D eigenvalue weighted by molar-refractivity contribution is 6.16. The second-order valence-electron chi connectivity index (χ2n) is 4.84. The van der Waals surface area contributed by atoms with E-state index in [0.29, 0.717) is 12.1 Å². The average molecular weight is 283 g/mol. The van der Waals surface area contributed by atoms with E-state index in [0.717, 1.165) is 16.5 Å². The van der Waals surface area contributed by atoms with Gasteiger partial charge in [0.25, 0.3) is 0 Å². The fourth-order valence-corrected chi connectivity index (χ4v) is 2.37. The number of rotatable bonds is 2. The van der Waals surface area contributed by atoms with Crippen LogP contribution < -0.4 is 0 Å². The molecule has 2 heteroatoms. The van der Waals surface area contributed by atoms with E-state index < -0.39 is 0 Å². The van der Waals surface area contributed by atoms with Crippen molar-refractivity contribution < 1.29 is 4.79 Å². The molecule has 1 heterocycles. The molecule has 0 amide bonds. The lowest BCUT2D eigenvalue weighted by Crippen LogP contribution is -1.95. The zero-order chi connectivity index (χ0) is 15.4. The SMILES string of the molecule is C#CCn1cc(C(=O)C#Cc2ccccc2)c2ccccc21. The van der Waals surface area contributed by atoms with Crippen molar-refractivity contribution in [1.82, 2.24) is 4.57 Å². The van der Waals surface area contributed by atoms with E-state index in [1.54, 1.807) is 6.20 Å². The van der Waals surface area contributed by atoms with E-state index in [1.807, 2.05) is 59.2 Å². The molecule has 0 atom stereocenters. The number of terminal acetylenes is 1. The molecular formula is C20H13NO. The van der Waals surface area contributed by atoms with Crippen LogP contribution in [0.1, 0.15) is 15.9 Å². The van der Waals surface area contributed by atoms with Gasteiger partial charge in [0, 0.05) is 22.7 Å². The van der Waals surface area contributed by atoms with E-state index in [9.17, 15) is 4.79 Å². The van der Waals surface area contributed by atoms with Gasteiger partial charge in [-0.2, -0.15) is 0 Å². The van der Waals surface area contributed by atoms with Crippen molar-refractivity contribution in [3.05, 3.63) is 71.9 Å². The zero-order valence-electron chi connectivity index (χ0n) is 11.9. The number of aromatic nitrogens is 1. The quantitative estimate of drug-likeness (QED) is 0.521. The number of ketones is 1. The van der Waals surface area contributed by atoms with Crippen molar-refractivity contribution in [2.75, 3.05) is 0 Å². The second-order valence-corrected chi connectivity index (χ2v) is 4.84. The summed E-state index contributed by atoms with van der Waals surface area (Å²) in [5.74, 6) is 8.01. The lowest BCUT2D eigenvalue weighted by atomic mass is 10.1. The standard InChI is InChI=1S/C20H13NO/c1-2-14-21-15-18(17-10-6-7-11-19(17)21)20(22)13-12-16-8-4-3-5-9-16/h1,3-11,15H,14H2. The van der Waals surface area contributed by atoms with Gasteiger partial charge in [0.15, 0.2) is 0 Å². The van der Waals surface area contributed by atoms with Crippen LogP contribution in [-0.4, -0.2) is 10.4 Å². The Bertz CT molecular complexity index is 930. The summed E-state index contributed by atoms with van der Waals surface area (Å²) in [7, 11) is 0. The summed E-state index contributed by atoms with van der Waals surface area (Å²) < 4.78 is 1.90. The smallest absolute Gasteiger partial charge is 0.238 e. The molecule has 0 spiro atoms. The normalized spacial score (nSPS) is 9.77. The Kier molecular flexibility index (Phi) is 3.77. The monoisotopic (exact) mass is 283 g/mol. The van der Waals surface area contributed by atoms with Gasteiger partial charge in [0.1, 0.15) is 0 Å². The zero-order valence-corrected chi connectivity index (χ0v) is 11.9.